The number of anilines is 1. The first-order valence-electron chi connectivity index (χ1n) is 11.7. The van der Waals surface area contributed by atoms with Gasteiger partial charge in [0, 0.05) is 38.7 Å². The zero-order chi connectivity index (χ0) is 24.8. The number of pyridine rings is 1. The van der Waals surface area contributed by atoms with Crippen molar-refractivity contribution in [2.75, 3.05) is 25.5 Å². The Morgan fingerprint density at radius 3 is 2.46 bits per heavy atom. The highest BCUT2D eigenvalue weighted by Crippen LogP contribution is 2.27. The van der Waals surface area contributed by atoms with Crippen LogP contribution in [0.15, 0.2) is 72.9 Å². The lowest BCUT2D eigenvalue weighted by molar-refractivity contribution is -0.126. The largest absolute Gasteiger partial charge is 0.345 e. The number of hydrogen-bond acceptors (Lipinski definition) is 5. The van der Waals surface area contributed by atoms with Crippen molar-refractivity contribution in [3.63, 3.8) is 0 Å². The van der Waals surface area contributed by atoms with Crippen LogP contribution in [0, 0.1) is 11.3 Å². The molecule has 0 bridgehead atoms. The maximum atomic E-state index is 13.3. The van der Waals surface area contributed by atoms with Crippen molar-refractivity contribution < 1.29 is 9.59 Å². The third-order valence-corrected chi connectivity index (χ3v) is 6.48. The summed E-state index contributed by atoms with van der Waals surface area (Å²) >= 11 is 0. The molecule has 0 saturated carbocycles. The Morgan fingerprint density at radius 1 is 1.11 bits per heavy atom. The Balaban J connectivity index is 1.43. The van der Waals surface area contributed by atoms with Gasteiger partial charge in [-0.25, -0.2) is 4.98 Å². The van der Waals surface area contributed by atoms with Gasteiger partial charge in [0.25, 0.3) is 0 Å². The number of likely N-dealkylation sites (N-methyl/N-ethyl adjacent to an activating group) is 1. The van der Waals surface area contributed by atoms with E-state index >= 15 is 0 Å². The van der Waals surface area contributed by atoms with E-state index in [0.29, 0.717) is 30.9 Å². The molecule has 0 radical (unpaired) electrons. The van der Waals surface area contributed by atoms with Crippen molar-refractivity contribution in [1.29, 1.82) is 5.26 Å². The summed E-state index contributed by atoms with van der Waals surface area (Å²) in [6.45, 7) is 3.35. The van der Waals surface area contributed by atoms with Crippen molar-refractivity contribution in [2.45, 2.75) is 31.2 Å². The average Bonchev–Trinajstić information content (AvgIpc) is 3.23. The summed E-state index contributed by atoms with van der Waals surface area (Å²) in [4.78, 5) is 31.3. The van der Waals surface area contributed by atoms with Crippen molar-refractivity contribution >= 4 is 17.6 Å². The molecule has 0 aliphatic carbocycles. The van der Waals surface area contributed by atoms with Crippen LogP contribution in [-0.2, 0) is 9.59 Å². The number of likely N-dealkylation sites (tertiary alicyclic amines) is 1. The first-order valence-corrected chi connectivity index (χ1v) is 11.7. The molecule has 1 fully saturated rings. The number of nitrogens with one attached hydrogen (secondary N) is 2. The van der Waals surface area contributed by atoms with Gasteiger partial charge in [-0.1, -0.05) is 55.5 Å². The highest BCUT2D eigenvalue weighted by Gasteiger charge is 2.28. The lowest BCUT2D eigenvalue weighted by Gasteiger charge is -2.21. The standard InChI is InChI=1S/C28H29N5O2/c1-19(21-10-8-20(15-29)9-11-21)16-31-27(22-6-4-3-5-7-22)28(35)32-25-13-12-23(17-30-25)24-14-26(34)33(2)18-24/h3-13,17,19,24,27,31H,14,16,18H2,1-2H3,(H,30,32,35)/t19-,24?,27+/m1/s1. The molecular weight excluding hydrogens is 438 g/mol. The Bertz CT molecular complexity index is 1200. The van der Waals surface area contributed by atoms with E-state index < -0.39 is 6.04 Å². The number of rotatable bonds is 8. The van der Waals surface area contributed by atoms with Crippen molar-refractivity contribution in [1.82, 2.24) is 15.2 Å². The molecule has 4 rings (SSSR count). The van der Waals surface area contributed by atoms with Crippen LogP contribution >= 0.6 is 0 Å². The van der Waals surface area contributed by atoms with E-state index in [1.807, 2.05) is 67.7 Å². The van der Waals surface area contributed by atoms with Gasteiger partial charge in [0.05, 0.1) is 11.6 Å². The molecule has 1 aliphatic heterocycles. The monoisotopic (exact) mass is 467 g/mol. The number of carbonyl (C=O) groups excluding carboxylic acids is 2. The predicted octanol–water partition coefficient (Wildman–Crippen LogP) is 3.97. The molecular formula is C28H29N5O2. The lowest BCUT2D eigenvalue weighted by Crippen LogP contribution is -2.35. The smallest absolute Gasteiger partial charge is 0.247 e. The molecule has 3 aromatic rings. The van der Waals surface area contributed by atoms with Crippen LogP contribution in [0.5, 0.6) is 0 Å². The minimum atomic E-state index is -0.556. The predicted molar refractivity (Wildman–Crippen MR) is 135 cm³/mol. The molecule has 0 spiro atoms. The molecule has 7 heteroatoms. The molecule has 1 saturated heterocycles. The third-order valence-electron chi connectivity index (χ3n) is 6.48. The van der Waals surface area contributed by atoms with Crippen LogP contribution < -0.4 is 10.6 Å². The van der Waals surface area contributed by atoms with Crippen molar-refractivity contribution in [2.24, 2.45) is 0 Å². The van der Waals surface area contributed by atoms with Gasteiger partial charge in [0.2, 0.25) is 11.8 Å². The number of hydrogen-bond donors (Lipinski definition) is 2. The van der Waals surface area contributed by atoms with Crippen LogP contribution in [0.2, 0.25) is 0 Å². The highest BCUT2D eigenvalue weighted by atomic mass is 16.2. The van der Waals surface area contributed by atoms with Gasteiger partial charge in [-0.05, 0) is 40.8 Å². The molecule has 2 aromatic carbocycles. The van der Waals surface area contributed by atoms with Crippen LogP contribution in [0.25, 0.3) is 0 Å². The summed E-state index contributed by atoms with van der Waals surface area (Å²) in [5.74, 6) is 0.691. The van der Waals surface area contributed by atoms with Crippen molar-refractivity contribution in [3.05, 3.63) is 95.2 Å². The fraction of sp³-hybridized carbons (Fsp3) is 0.286. The number of nitrogens with zero attached hydrogens (tertiary/aromatic N) is 3. The maximum Gasteiger partial charge on any atom is 0.247 e. The molecule has 2 heterocycles. The molecule has 2 amide bonds. The average molecular weight is 468 g/mol. The van der Waals surface area contributed by atoms with Gasteiger partial charge in [0.15, 0.2) is 0 Å². The molecule has 35 heavy (non-hydrogen) atoms. The quantitative estimate of drug-likeness (QED) is 0.522. The fourth-order valence-electron chi connectivity index (χ4n) is 4.31. The Kier molecular flexibility index (Phi) is 7.54. The van der Waals surface area contributed by atoms with E-state index in [4.69, 9.17) is 5.26 Å². The lowest BCUT2D eigenvalue weighted by atomic mass is 9.98. The molecule has 1 aliphatic rings. The summed E-state index contributed by atoms with van der Waals surface area (Å²) in [7, 11) is 1.81. The maximum absolute atomic E-state index is 13.3. The van der Waals surface area contributed by atoms with Gasteiger partial charge in [-0.2, -0.15) is 5.26 Å². The number of nitriles is 1. The van der Waals surface area contributed by atoms with E-state index in [-0.39, 0.29) is 23.7 Å². The van der Waals surface area contributed by atoms with Crippen LogP contribution in [0.3, 0.4) is 0 Å². The Labute approximate surface area is 205 Å². The number of amides is 2. The van der Waals surface area contributed by atoms with Crippen LogP contribution in [0.4, 0.5) is 5.82 Å². The third kappa shape index (κ3) is 5.92. The Morgan fingerprint density at radius 2 is 1.86 bits per heavy atom. The summed E-state index contributed by atoms with van der Waals surface area (Å²) in [6, 6.07) is 22.4. The highest BCUT2D eigenvalue weighted by molar-refractivity contribution is 5.94. The van der Waals surface area contributed by atoms with Gasteiger partial charge in [0.1, 0.15) is 11.9 Å². The minimum absolute atomic E-state index is 0.132. The minimum Gasteiger partial charge on any atom is -0.345 e. The van der Waals surface area contributed by atoms with Crippen LogP contribution in [-0.4, -0.2) is 41.8 Å². The van der Waals surface area contributed by atoms with E-state index in [1.54, 1.807) is 17.2 Å². The molecule has 7 nitrogen and oxygen atoms in total. The zero-order valence-electron chi connectivity index (χ0n) is 19.9. The summed E-state index contributed by atoms with van der Waals surface area (Å²) in [5.41, 5.74) is 3.58. The van der Waals surface area contributed by atoms with Crippen molar-refractivity contribution in [3.8, 4) is 6.07 Å². The van der Waals surface area contributed by atoms with E-state index in [9.17, 15) is 9.59 Å². The summed E-state index contributed by atoms with van der Waals surface area (Å²) < 4.78 is 0. The second kappa shape index (κ2) is 10.9. The van der Waals surface area contributed by atoms with Gasteiger partial charge < -0.3 is 15.5 Å². The van der Waals surface area contributed by atoms with E-state index in [0.717, 1.165) is 16.7 Å². The van der Waals surface area contributed by atoms with Gasteiger partial charge in [-0.3, -0.25) is 9.59 Å². The molecule has 2 N–H and O–H groups in total. The van der Waals surface area contributed by atoms with Crippen LogP contribution in [0.1, 0.15) is 53.5 Å². The molecule has 178 valence electrons. The topological polar surface area (TPSA) is 98.1 Å². The number of benzene rings is 2. The second-order valence-corrected chi connectivity index (χ2v) is 9.03. The fourth-order valence-corrected chi connectivity index (χ4v) is 4.31. The second-order valence-electron chi connectivity index (χ2n) is 9.03. The van der Waals surface area contributed by atoms with Gasteiger partial charge in [-0.15, -0.1) is 0 Å². The van der Waals surface area contributed by atoms with E-state index in [2.05, 4.69) is 28.6 Å². The SMILES string of the molecule is C[C@H](CN[C@H](C(=O)Nc1ccc(C2CC(=O)N(C)C2)cn1)c1ccccc1)c1ccc(C#N)cc1. The molecule has 1 aromatic heterocycles. The van der Waals surface area contributed by atoms with Gasteiger partial charge >= 0.3 is 0 Å². The molecule has 3 atom stereocenters. The zero-order valence-corrected chi connectivity index (χ0v) is 19.9. The van der Waals surface area contributed by atoms with E-state index in [1.165, 1.54) is 0 Å². The molecule has 1 unspecified atom stereocenters. The first kappa shape index (κ1) is 24.1. The summed E-state index contributed by atoms with van der Waals surface area (Å²) in [6.07, 6.45) is 2.23. The number of carbonyl (C=O) groups is 2. The first-order chi connectivity index (χ1) is 16.9. The number of aromatic nitrogens is 1. The summed E-state index contributed by atoms with van der Waals surface area (Å²) in [5, 5.41) is 15.3. The Hall–Kier alpha value is -4.02. The normalized spacial score (nSPS) is 17.0.